The quantitative estimate of drug-likeness (QED) is 0.352. The van der Waals surface area contributed by atoms with Crippen LogP contribution in [0.15, 0.2) is 36.8 Å². The Morgan fingerprint density at radius 3 is 2.62 bits per heavy atom. The summed E-state index contributed by atoms with van der Waals surface area (Å²) in [4.78, 5) is 12.5. The van der Waals surface area contributed by atoms with Crippen molar-refractivity contribution in [3.05, 3.63) is 58.8 Å². The number of anilines is 1. The largest absolute Gasteiger partial charge is 0.390 e. The number of nitrogens with one attached hydrogen (secondary N) is 2. The number of hydrogen-bond donors (Lipinski definition) is 3. The highest BCUT2D eigenvalue weighted by molar-refractivity contribution is 7.88. The van der Waals surface area contributed by atoms with E-state index in [2.05, 4.69) is 30.5 Å². The Bertz CT molecular complexity index is 1500. The van der Waals surface area contributed by atoms with E-state index in [0.717, 1.165) is 18.4 Å². The molecule has 1 aromatic carbocycles. The van der Waals surface area contributed by atoms with Crippen LogP contribution >= 0.6 is 11.6 Å². The summed E-state index contributed by atoms with van der Waals surface area (Å²) >= 11 is 6.60. The summed E-state index contributed by atoms with van der Waals surface area (Å²) in [7, 11) is -3.20. The first kappa shape index (κ1) is 27.5. The Morgan fingerprint density at radius 1 is 1.23 bits per heavy atom. The van der Waals surface area contributed by atoms with Gasteiger partial charge in [-0.25, -0.2) is 32.2 Å². The van der Waals surface area contributed by atoms with Crippen LogP contribution in [-0.4, -0.2) is 74.6 Å². The van der Waals surface area contributed by atoms with E-state index in [1.54, 1.807) is 17.1 Å². The van der Waals surface area contributed by atoms with Gasteiger partial charge in [0, 0.05) is 49.7 Å². The number of sulfonamides is 1. The predicted molar refractivity (Wildman–Crippen MR) is 149 cm³/mol. The summed E-state index contributed by atoms with van der Waals surface area (Å²) < 4.78 is 26.7. The van der Waals surface area contributed by atoms with Crippen molar-refractivity contribution in [3.8, 4) is 16.9 Å². The second-order valence-electron chi connectivity index (χ2n) is 10.6. The van der Waals surface area contributed by atoms with Crippen molar-refractivity contribution in [3.63, 3.8) is 0 Å². The summed E-state index contributed by atoms with van der Waals surface area (Å²) in [6.45, 7) is 11.0. The standard InChI is InChI=1S/C26H31ClN8O3S/c1-26(36)11-20(12-26)29-13-17-4-5-23(21(27)10-17)35-16-18(14-31-35)24-22(28-2)15-30-25(33-24)32-19-6-8-34(9-7-19)39(3,37)38/h4-5,10,14-16,19-20,29,36H,6-9,11-13H2,1,3H3,(H,30,32,33). The molecule has 2 fully saturated rings. The summed E-state index contributed by atoms with van der Waals surface area (Å²) in [5, 5.41) is 21.6. The van der Waals surface area contributed by atoms with Gasteiger partial charge < -0.3 is 15.7 Å². The van der Waals surface area contributed by atoms with Gasteiger partial charge in [0.05, 0.1) is 41.0 Å². The van der Waals surface area contributed by atoms with Gasteiger partial charge >= 0.3 is 0 Å². The Kier molecular flexibility index (Phi) is 7.63. The van der Waals surface area contributed by atoms with Gasteiger partial charge in [0.15, 0.2) is 0 Å². The van der Waals surface area contributed by atoms with Crippen LogP contribution in [-0.2, 0) is 16.6 Å². The maximum Gasteiger partial charge on any atom is 0.231 e. The molecule has 3 N–H and O–H groups in total. The maximum atomic E-state index is 11.8. The average Bonchev–Trinajstić information content (AvgIpc) is 3.36. The van der Waals surface area contributed by atoms with Gasteiger partial charge in [-0.15, -0.1) is 0 Å². The topological polar surface area (TPSA) is 130 Å². The van der Waals surface area contributed by atoms with E-state index in [4.69, 9.17) is 18.2 Å². The fourth-order valence-corrected chi connectivity index (χ4v) is 6.25. The van der Waals surface area contributed by atoms with Crippen LogP contribution in [0.2, 0.25) is 5.02 Å². The first-order valence-corrected chi connectivity index (χ1v) is 15.0. The Morgan fingerprint density at radius 2 is 1.97 bits per heavy atom. The molecular formula is C26H31ClN8O3S. The van der Waals surface area contributed by atoms with Crippen molar-refractivity contribution in [2.45, 2.75) is 56.8 Å². The number of aromatic nitrogens is 4. The molecule has 0 bridgehead atoms. The second-order valence-corrected chi connectivity index (χ2v) is 13.0. The highest BCUT2D eigenvalue weighted by atomic mass is 35.5. The van der Waals surface area contributed by atoms with Gasteiger partial charge in [0.1, 0.15) is 0 Å². The minimum absolute atomic E-state index is 0.0293. The molecule has 13 heteroatoms. The number of halogens is 1. The molecule has 0 spiro atoms. The van der Waals surface area contributed by atoms with Crippen LogP contribution in [0.3, 0.4) is 0 Å². The second kappa shape index (κ2) is 10.8. The Labute approximate surface area is 233 Å². The van der Waals surface area contributed by atoms with Crippen molar-refractivity contribution >= 4 is 33.3 Å². The van der Waals surface area contributed by atoms with Crippen LogP contribution < -0.4 is 10.6 Å². The molecule has 2 aromatic heterocycles. The Hall–Kier alpha value is -3.08. The van der Waals surface area contributed by atoms with Gasteiger partial charge in [-0.05, 0) is 50.3 Å². The van der Waals surface area contributed by atoms with E-state index < -0.39 is 15.6 Å². The zero-order valence-corrected chi connectivity index (χ0v) is 23.4. The number of benzene rings is 1. The molecule has 39 heavy (non-hydrogen) atoms. The van der Waals surface area contributed by atoms with Gasteiger partial charge in [-0.2, -0.15) is 5.10 Å². The zero-order chi connectivity index (χ0) is 27.8. The van der Waals surface area contributed by atoms with Crippen LogP contribution in [0.1, 0.15) is 38.2 Å². The van der Waals surface area contributed by atoms with Gasteiger partial charge in [0.2, 0.25) is 21.7 Å². The van der Waals surface area contributed by atoms with Crippen LogP contribution in [0.25, 0.3) is 21.8 Å². The van der Waals surface area contributed by atoms with E-state index in [1.807, 2.05) is 25.1 Å². The molecule has 5 rings (SSSR count). The van der Waals surface area contributed by atoms with E-state index >= 15 is 0 Å². The lowest BCUT2D eigenvalue weighted by molar-refractivity contribution is -0.0393. The first-order chi connectivity index (χ1) is 18.5. The molecule has 206 valence electrons. The predicted octanol–water partition coefficient (Wildman–Crippen LogP) is 3.37. The molecule has 1 aliphatic carbocycles. The van der Waals surface area contributed by atoms with Crippen molar-refractivity contribution in [1.29, 1.82) is 0 Å². The summed E-state index contributed by atoms with van der Waals surface area (Å²) in [6.07, 6.45) is 8.88. The normalized spacial score (nSPS) is 22.3. The number of aliphatic hydroxyl groups is 1. The fourth-order valence-electron chi connectivity index (χ4n) is 5.09. The van der Waals surface area contributed by atoms with Crippen LogP contribution in [0.4, 0.5) is 11.6 Å². The van der Waals surface area contributed by atoms with E-state index in [-0.39, 0.29) is 6.04 Å². The lowest BCUT2D eigenvalue weighted by atomic mass is 9.77. The Balaban J connectivity index is 1.28. The molecule has 1 saturated carbocycles. The van der Waals surface area contributed by atoms with E-state index in [1.165, 1.54) is 16.8 Å². The third-order valence-corrected chi connectivity index (χ3v) is 8.83. The fraction of sp³-hybridized carbons (Fsp3) is 0.462. The molecule has 1 saturated heterocycles. The molecule has 2 aliphatic rings. The van der Waals surface area contributed by atoms with Crippen LogP contribution in [0.5, 0.6) is 0 Å². The summed E-state index contributed by atoms with van der Waals surface area (Å²) in [5.41, 5.74) is 2.57. The summed E-state index contributed by atoms with van der Waals surface area (Å²) in [5.74, 6) is 0.380. The van der Waals surface area contributed by atoms with Gasteiger partial charge in [0.25, 0.3) is 0 Å². The third kappa shape index (κ3) is 6.40. The molecule has 3 aromatic rings. The number of nitrogens with zero attached hydrogens (tertiary/aromatic N) is 6. The summed E-state index contributed by atoms with van der Waals surface area (Å²) in [6, 6.07) is 6.11. The minimum Gasteiger partial charge on any atom is -0.390 e. The van der Waals surface area contributed by atoms with Gasteiger partial charge in [-0.3, -0.25) is 0 Å². The van der Waals surface area contributed by atoms with E-state index in [9.17, 15) is 13.5 Å². The first-order valence-electron chi connectivity index (χ1n) is 12.8. The van der Waals surface area contributed by atoms with Crippen LogP contribution in [0, 0.1) is 6.57 Å². The monoisotopic (exact) mass is 570 g/mol. The highest BCUT2D eigenvalue weighted by Crippen LogP contribution is 2.33. The highest BCUT2D eigenvalue weighted by Gasteiger charge is 2.37. The van der Waals surface area contributed by atoms with Crippen molar-refractivity contribution < 1.29 is 13.5 Å². The smallest absolute Gasteiger partial charge is 0.231 e. The lowest BCUT2D eigenvalue weighted by Crippen LogP contribution is -2.51. The molecule has 1 aliphatic heterocycles. The third-order valence-electron chi connectivity index (χ3n) is 7.23. The lowest BCUT2D eigenvalue weighted by Gasteiger charge is -2.41. The molecule has 11 nitrogen and oxygen atoms in total. The molecule has 0 atom stereocenters. The van der Waals surface area contributed by atoms with Crippen molar-refractivity contribution in [1.82, 2.24) is 29.4 Å². The molecule has 0 unspecified atom stereocenters. The molecule has 3 heterocycles. The van der Waals surface area contributed by atoms with E-state index in [0.29, 0.717) is 72.1 Å². The minimum atomic E-state index is -3.20. The SMILES string of the molecule is [C-]#[N+]c1cnc(NC2CCN(S(C)(=O)=O)CC2)nc1-c1cnn(-c2ccc(CNC3CC(C)(O)C3)cc2Cl)c1. The molecule has 0 radical (unpaired) electrons. The number of piperidine rings is 1. The maximum absolute atomic E-state index is 11.8. The number of rotatable bonds is 8. The van der Waals surface area contributed by atoms with Crippen molar-refractivity contribution in [2.24, 2.45) is 0 Å². The average molecular weight is 571 g/mol. The van der Waals surface area contributed by atoms with Gasteiger partial charge in [-0.1, -0.05) is 17.7 Å². The van der Waals surface area contributed by atoms with Crippen molar-refractivity contribution in [2.75, 3.05) is 24.7 Å². The zero-order valence-electron chi connectivity index (χ0n) is 21.8. The molecule has 0 amide bonds. The molecular weight excluding hydrogens is 540 g/mol. The number of hydrogen-bond acceptors (Lipinski definition) is 8.